The minimum absolute atomic E-state index is 0.109. The van der Waals surface area contributed by atoms with E-state index in [1.165, 1.54) is 33.3 Å². The molecule has 2 aromatic heterocycles. The number of anilines is 1. The summed E-state index contributed by atoms with van der Waals surface area (Å²) in [5.74, 6) is -1.02. The fourth-order valence-electron chi connectivity index (χ4n) is 5.37. The lowest BCUT2D eigenvalue weighted by Crippen LogP contribution is -2.42. The molecule has 1 saturated heterocycles. The number of pyridine rings is 1. The van der Waals surface area contributed by atoms with Crippen molar-refractivity contribution in [1.29, 1.82) is 0 Å². The van der Waals surface area contributed by atoms with Crippen LogP contribution in [-0.4, -0.2) is 63.7 Å². The number of ether oxygens (including phenoxy) is 1. The molecule has 0 unspecified atom stereocenters. The lowest BCUT2D eigenvalue weighted by atomic mass is 10.00. The summed E-state index contributed by atoms with van der Waals surface area (Å²) in [6.07, 6.45) is 3.73. The molecule has 1 aromatic carbocycles. The van der Waals surface area contributed by atoms with E-state index >= 15 is 0 Å². The Morgan fingerprint density at radius 1 is 1.21 bits per heavy atom. The minimum Gasteiger partial charge on any atom is -0.429 e. The first-order chi connectivity index (χ1) is 18.5. The van der Waals surface area contributed by atoms with Crippen molar-refractivity contribution in [2.45, 2.75) is 68.2 Å². The van der Waals surface area contributed by atoms with E-state index in [9.17, 15) is 31.5 Å². The van der Waals surface area contributed by atoms with Gasteiger partial charge in [-0.2, -0.15) is 18.1 Å². The van der Waals surface area contributed by atoms with Gasteiger partial charge in [0, 0.05) is 30.7 Å². The van der Waals surface area contributed by atoms with Crippen LogP contribution < -0.4 is 15.6 Å². The molecule has 5 rings (SSSR count). The van der Waals surface area contributed by atoms with E-state index in [1.807, 2.05) is 0 Å². The number of halogens is 3. The highest BCUT2D eigenvalue weighted by atomic mass is 32.2. The van der Waals surface area contributed by atoms with Gasteiger partial charge in [0.1, 0.15) is 11.5 Å². The van der Waals surface area contributed by atoms with E-state index in [1.54, 1.807) is 6.92 Å². The van der Waals surface area contributed by atoms with Crippen LogP contribution in [0.2, 0.25) is 0 Å². The molecule has 3 aromatic rings. The fraction of sp³-hybridized carbons (Fsp3) is 0.480. The molecule has 0 bridgehead atoms. The molecule has 1 saturated carbocycles. The average Bonchev–Trinajstić information content (AvgIpc) is 3.23. The summed E-state index contributed by atoms with van der Waals surface area (Å²) in [4.78, 5) is 21.8. The maximum Gasteiger partial charge on any atom is 0.387 e. The van der Waals surface area contributed by atoms with Crippen LogP contribution in [0.5, 0.6) is 5.75 Å². The smallest absolute Gasteiger partial charge is 0.387 e. The van der Waals surface area contributed by atoms with Gasteiger partial charge in [-0.3, -0.25) is 9.36 Å². The van der Waals surface area contributed by atoms with E-state index in [4.69, 9.17) is 0 Å². The maximum atomic E-state index is 13.6. The van der Waals surface area contributed by atoms with Crippen molar-refractivity contribution in [3.05, 3.63) is 52.7 Å². The van der Waals surface area contributed by atoms with Gasteiger partial charge in [0.25, 0.3) is 5.56 Å². The van der Waals surface area contributed by atoms with Crippen LogP contribution in [0, 0.1) is 5.82 Å². The van der Waals surface area contributed by atoms with Crippen molar-refractivity contribution in [2.75, 3.05) is 18.4 Å². The first kappa shape index (κ1) is 27.3. The van der Waals surface area contributed by atoms with Gasteiger partial charge in [-0.1, -0.05) is 6.07 Å². The van der Waals surface area contributed by atoms with Crippen LogP contribution in [0.3, 0.4) is 0 Å². The van der Waals surface area contributed by atoms with Crippen molar-refractivity contribution in [3.63, 3.8) is 0 Å². The molecule has 14 heteroatoms. The predicted molar refractivity (Wildman–Crippen MR) is 136 cm³/mol. The van der Waals surface area contributed by atoms with Gasteiger partial charge >= 0.3 is 6.61 Å². The van der Waals surface area contributed by atoms with E-state index in [2.05, 4.69) is 20.0 Å². The second-order valence-electron chi connectivity index (χ2n) is 10.1. The van der Waals surface area contributed by atoms with Crippen molar-refractivity contribution in [1.82, 2.24) is 18.8 Å². The summed E-state index contributed by atoms with van der Waals surface area (Å²) in [5.41, 5.74) is -1.91. The summed E-state index contributed by atoms with van der Waals surface area (Å²) < 4.78 is 72.3. The number of nitrogens with one attached hydrogen (secondary N) is 1. The first-order valence-electron chi connectivity index (χ1n) is 12.6. The molecule has 210 valence electrons. The molecule has 2 N–H and O–H groups in total. The monoisotopic (exact) mass is 567 g/mol. The summed E-state index contributed by atoms with van der Waals surface area (Å²) in [6, 6.07) is 5.13. The molecule has 3 heterocycles. The Hall–Kier alpha value is -3.23. The zero-order valence-electron chi connectivity index (χ0n) is 21.1. The lowest BCUT2D eigenvalue weighted by molar-refractivity contribution is -0.0513. The number of benzene rings is 1. The molecule has 39 heavy (non-hydrogen) atoms. The van der Waals surface area contributed by atoms with Crippen LogP contribution in [0.15, 0.2) is 46.2 Å². The standard InChI is InChI=1S/C25H28F3N5O5S/c1-25(35)9-3-6-20(25)33-21-15(12-19(22(33)34)38-23(27)28)14-29-24(31-21)30-17-7-10-32(11-8-17)39(36,37)18-5-2-4-16(26)13-18/h2,4-5,12-14,17,20,23,35H,3,6-11H2,1H3,(H,29,30,31)/t20-,25-/m1/s1. The molecule has 2 aliphatic rings. The fourth-order valence-corrected chi connectivity index (χ4v) is 6.87. The number of nitrogens with zero attached hydrogens (tertiary/aromatic N) is 4. The van der Waals surface area contributed by atoms with Crippen molar-refractivity contribution < 1.29 is 31.4 Å². The number of piperidine rings is 1. The molecule has 10 nitrogen and oxygen atoms in total. The Morgan fingerprint density at radius 3 is 2.59 bits per heavy atom. The quantitative estimate of drug-likeness (QED) is 0.446. The van der Waals surface area contributed by atoms with Crippen LogP contribution >= 0.6 is 0 Å². The van der Waals surface area contributed by atoms with Crippen LogP contribution in [-0.2, 0) is 10.0 Å². The largest absolute Gasteiger partial charge is 0.429 e. The van der Waals surface area contributed by atoms with Gasteiger partial charge in [0.2, 0.25) is 16.0 Å². The lowest BCUT2D eigenvalue weighted by Gasteiger charge is -2.32. The van der Waals surface area contributed by atoms with Gasteiger partial charge in [0.15, 0.2) is 5.75 Å². The predicted octanol–water partition coefficient (Wildman–Crippen LogP) is 3.27. The number of alkyl halides is 2. The summed E-state index contributed by atoms with van der Waals surface area (Å²) >= 11 is 0. The van der Waals surface area contributed by atoms with Crippen molar-refractivity contribution >= 4 is 27.0 Å². The molecule has 1 aliphatic heterocycles. The normalized spacial score (nSPS) is 23.0. The second-order valence-corrected chi connectivity index (χ2v) is 12.0. The third-order valence-corrected chi connectivity index (χ3v) is 9.26. The van der Waals surface area contributed by atoms with E-state index in [0.717, 1.165) is 12.1 Å². The number of rotatable bonds is 7. The van der Waals surface area contributed by atoms with Gasteiger partial charge < -0.3 is 15.2 Å². The zero-order chi connectivity index (χ0) is 27.9. The summed E-state index contributed by atoms with van der Waals surface area (Å²) in [7, 11) is -3.85. The van der Waals surface area contributed by atoms with Crippen LogP contribution in [0.25, 0.3) is 11.0 Å². The van der Waals surface area contributed by atoms with Gasteiger partial charge in [-0.25, -0.2) is 17.8 Å². The Balaban J connectivity index is 1.39. The van der Waals surface area contributed by atoms with E-state index < -0.39 is 45.4 Å². The number of aliphatic hydroxyl groups is 1. The number of hydrogen-bond donors (Lipinski definition) is 2. The molecular weight excluding hydrogens is 539 g/mol. The van der Waals surface area contributed by atoms with Crippen molar-refractivity contribution in [3.8, 4) is 5.75 Å². The summed E-state index contributed by atoms with van der Waals surface area (Å²) in [6.45, 7) is -1.23. The number of sulfonamides is 1. The number of aromatic nitrogens is 3. The number of fused-ring (bicyclic) bond motifs is 1. The SMILES string of the molecule is C[C@@]1(O)CCC[C@H]1n1c(=O)c(OC(F)F)cc2cnc(NC3CCN(S(=O)(=O)c4cccc(F)c4)CC3)nc21. The minimum atomic E-state index is -3.85. The van der Waals surface area contributed by atoms with Crippen LogP contribution in [0.4, 0.5) is 19.1 Å². The van der Waals surface area contributed by atoms with Gasteiger partial charge in [-0.15, -0.1) is 0 Å². The second kappa shape index (κ2) is 10.4. The van der Waals surface area contributed by atoms with E-state index in [0.29, 0.717) is 32.1 Å². The molecule has 1 aliphatic carbocycles. The Morgan fingerprint density at radius 2 is 1.95 bits per heavy atom. The zero-order valence-corrected chi connectivity index (χ0v) is 21.9. The first-order valence-corrected chi connectivity index (χ1v) is 14.0. The molecule has 2 fully saturated rings. The number of hydrogen-bond acceptors (Lipinski definition) is 8. The highest BCUT2D eigenvalue weighted by molar-refractivity contribution is 7.89. The molecular formula is C25H28F3N5O5S. The molecule has 0 radical (unpaired) electrons. The Kier molecular flexibility index (Phi) is 7.29. The molecule has 0 spiro atoms. The van der Waals surface area contributed by atoms with Gasteiger partial charge in [0.05, 0.1) is 16.5 Å². The van der Waals surface area contributed by atoms with Crippen molar-refractivity contribution in [2.24, 2.45) is 0 Å². The molecule has 0 amide bonds. The Bertz CT molecular complexity index is 1540. The third-order valence-electron chi connectivity index (χ3n) is 7.37. The summed E-state index contributed by atoms with van der Waals surface area (Å²) in [5, 5.41) is 14.4. The van der Waals surface area contributed by atoms with E-state index in [-0.39, 0.29) is 41.0 Å². The molecule has 2 atom stereocenters. The average molecular weight is 568 g/mol. The Labute approximate surface area is 222 Å². The van der Waals surface area contributed by atoms with Gasteiger partial charge in [-0.05, 0) is 63.3 Å². The highest BCUT2D eigenvalue weighted by Gasteiger charge is 2.40. The highest BCUT2D eigenvalue weighted by Crippen LogP contribution is 2.40. The topological polar surface area (TPSA) is 127 Å². The maximum absolute atomic E-state index is 13.6. The van der Waals surface area contributed by atoms with Crippen LogP contribution in [0.1, 0.15) is 45.1 Å². The third kappa shape index (κ3) is 5.45.